The number of allylic oxidation sites excluding steroid dienone is 1. The zero-order chi connectivity index (χ0) is 6.41. The molecular formula is C6H13NS. The molecule has 0 aliphatic carbocycles. The van der Waals surface area contributed by atoms with E-state index in [1.54, 1.807) is 0 Å². The van der Waals surface area contributed by atoms with E-state index in [0.717, 1.165) is 13.0 Å². The molecule has 2 heteroatoms. The molecule has 1 atom stereocenters. The lowest BCUT2D eigenvalue weighted by molar-refractivity contribution is 0.754. The van der Waals surface area contributed by atoms with Crippen LogP contribution in [0.1, 0.15) is 6.42 Å². The minimum atomic E-state index is 0.428. The van der Waals surface area contributed by atoms with E-state index in [0.29, 0.717) is 5.25 Å². The van der Waals surface area contributed by atoms with Crippen LogP contribution in [0.15, 0.2) is 12.7 Å². The van der Waals surface area contributed by atoms with E-state index >= 15 is 0 Å². The van der Waals surface area contributed by atoms with Gasteiger partial charge in [0.15, 0.2) is 0 Å². The van der Waals surface area contributed by atoms with Crippen LogP contribution in [0, 0.1) is 0 Å². The summed E-state index contributed by atoms with van der Waals surface area (Å²) >= 11 is 4.26. The van der Waals surface area contributed by atoms with E-state index in [-0.39, 0.29) is 0 Å². The van der Waals surface area contributed by atoms with Crippen LogP contribution in [0.25, 0.3) is 0 Å². The summed E-state index contributed by atoms with van der Waals surface area (Å²) in [5, 5.41) is 3.46. The summed E-state index contributed by atoms with van der Waals surface area (Å²) in [6.07, 6.45) is 2.86. The molecule has 0 aliphatic rings. The Morgan fingerprint density at radius 1 is 1.88 bits per heavy atom. The molecule has 0 aromatic rings. The van der Waals surface area contributed by atoms with E-state index in [9.17, 15) is 0 Å². The lowest BCUT2D eigenvalue weighted by Crippen LogP contribution is -2.17. The Kier molecular flexibility index (Phi) is 5.22. The lowest BCUT2D eigenvalue weighted by atomic mass is 10.3. The standard InChI is InChI=1S/C6H13NS/c1-3-4-6(8)5-7-2/h3,6-8H,1,4-5H2,2H3. The number of nitrogens with one attached hydrogen (secondary N) is 1. The van der Waals surface area contributed by atoms with Crippen molar-refractivity contribution in [2.24, 2.45) is 0 Å². The lowest BCUT2D eigenvalue weighted by Gasteiger charge is -2.04. The maximum Gasteiger partial charge on any atom is 0.0176 e. The summed E-state index contributed by atoms with van der Waals surface area (Å²) in [5.74, 6) is 0. The topological polar surface area (TPSA) is 12.0 Å². The molecule has 0 bridgehead atoms. The van der Waals surface area contributed by atoms with Crippen LogP contribution in [0.5, 0.6) is 0 Å². The van der Waals surface area contributed by atoms with Gasteiger partial charge in [0.25, 0.3) is 0 Å². The van der Waals surface area contributed by atoms with Crippen molar-refractivity contribution in [1.82, 2.24) is 5.32 Å². The van der Waals surface area contributed by atoms with Gasteiger partial charge in [-0.25, -0.2) is 0 Å². The number of rotatable bonds is 4. The van der Waals surface area contributed by atoms with Gasteiger partial charge in [-0.1, -0.05) is 6.08 Å². The smallest absolute Gasteiger partial charge is 0.0176 e. The second-order valence-electron chi connectivity index (χ2n) is 1.74. The highest BCUT2D eigenvalue weighted by atomic mass is 32.1. The molecule has 0 aromatic carbocycles. The molecule has 0 saturated carbocycles. The van der Waals surface area contributed by atoms with E-state index in [2.05, 4.69) is 24.5 Å². The number of hydrogen-bond donors (Lipinski definition) is 2. The molecule has 0 rings (SSSR count). The van der Waals surface area contributed by atoms with Crippen LogP contribution < -0.4 is 5.32 Å². The van der Waals surface area contributed by atoms with E-state index in [4.69, 9.17) is 0 Å². The fourth-order valence-electron chi connectivity index (χ4n) is 0.511. The first-order valence-electron chi connectivity index (χ1n) is 2.74. The molecule has 0 aromatic heterocycles. The molecule has 1 N–H and O–H groups in total. The van der Waals surface area contributed by atoms with Gasteiger partial charge in [0.2, 0.25) is 0 Å². The Balaban J connectivity index is 3.03. The zero-order valence-electron chi connectivity index (χ0n) is 5.22. The van der Waals surface area contributed by atoms with Crippen molar-refractivity contribution in [1.29, 1.82) is 0 Å². The van der Waals surface area contributed by atoms with Gasteiger partial charge >= 0.3 is 0 Å². The van der Waals surface area contributed by atoms with Gasteiger partial charge in [-0.05, 0) is 13.5 Å². The molecule has 0 saturated heterocycles. The number of thiol groups is 1. The molecule has 1 nitrogen and oxygen atoms in total. The third kappa shape index (κ3) is 4.22. The minimum Gasteiger partial charge on any atom is -0.319 e. The maximum atomic E-state index is 4.26. The Labute approximate surface area is 56.6 Å². The molecule has 0 aliphatic heterocycles. The third-order valence-corrected chi connectivity index (χ3v) is 1.27. The Bertz CT molecular complexity index is 63.5. The van der Waals surface area contributed by atoms with Crippen LogP contribution in [0.3, 0.4) is 0 Å². The van der Waals surface area contributed by atoms with Gasteiger partial charge in [0.1, 0.15) is 0 Å². The fourth-order valence-corrected chi connectivity index (χ4v) is 0.843. The van der Waals surface area contributed by atoms with Crippen molar-refractivity contribution >= 4 is 12.6 Å². The molecule has 0 spiro atoms. The summed E-state index contributed by atoms with van der Waals surface area (Å²) in [6.45, 7) is 4.56. The van der Waals surface area contributed by atoms with Crippen molar-refractivity contribution in [3.05, 3.63) is 12.7 Å². The summed E-state index contributed by atoms with van der Waals surface area (Å²) in [6, 6.07) is 0. The summed E-state index contributed by atoms with van der Waals surface area (Å²) in [7, 11) is 1.92. The molecule has 1 unspecified atom stereocenters. The molecule has 0 amide bonds. The van der Waals surface area contributed by atoms with E-state index in [1.807, 2.05) is 13.1 Å². The van der Waals surface area contributed by atoms with Crippen LogP contribution in [0.4, 0.5) is 0 Å². The predicted octanol–water partition coefficient (Wildman–Crippen LogP) is 1.08. The van der Waals surface area contributed by atoms with Gasteiger partial charge in [0, 0.05) is 11.8 Å². The highest BCUT2D eigenvalue weighted by Crippen LogP contribution is 1.98. The van der Waals surface area contributed by atoms with Crippen LogP contribution in [-0.4, -0.2) is 18.8 Å². The van der Waals surface area contributed by atoms with Crippen molar-refractivity contribution < 1.29 is 0 Å². The minimum absolute atomic E-state index is 0.428. The zero-order valence-corrected chi connectivity index (χ0v) is 6.12. The van der Waals surface area contributed by atoms with E-state index in [1.165, 1.54) is 0 Å². The highest BCUT2D eigenvalue weighted by molar-refractivity contribution is 7.81. The van der Waals surface area contributed by atoms with Crippen molar-refractivity contribution in [3.63, 3.8) is 0 Å². The Hall–Kier alpha value is 0.0500. The first kappa shape index (κ1) is 8.05. The maximum absolute atomic E-state index is 4.26. The highest BCUT2D eigenvalue weighted by Gasteiger charge is 1.94. The van der Waals surface area contributed by atoms with Crippen molar-refractivity contribution in [2.75, 3.05) is 13.6 Å². The second-order valence-corrected chi connectivity index (χ2v) is 2.47. The predicted molar refractivity (Wildman–Crippen MR) is 41.5 cm³/mol. The van der Waals surface area contributed by atoms with Crippen LogP contribution in [-0.2, 0) is 0 Å². The van der Waals surface area contributed by atoms with Crippen molar-refractivity contribution in [2.45, 2.75) is 11.7 Å². The Morgan fingerprint density at radius 2 is 2.50 bits per heavy atom. The molecule has 48 valence electrons. The quantitative estimate of drug-likeness (QED) is 0.430. The molecule has 8 heavy (non-hydrogen) atoms. The SMILES string of the molecule is C=CCC(S)CNC. The van der Waals surface area contributed by atoms with Gasteiger partial charge in [-0.2, -0.15) is 12.6 Å². The monoisotopic (exact) mass is 131 g/mol. The molecule has 0 radical (unpaired) electrons. The normalized spacial score (nSPS) is 13.2. The largest absolute Gasteiger partial charge is 0.319 e. The van der Waals surface area contributed by atoms with Crippen LogP contribution in [0.2, 0.25) is 0 Å². The average molecular weight is 131 g/mol. The third-order valence-electron chi connectivity index (χ3n) is 0.878. The van der Waals surface area contributed by atoms with Gasteiger partial charge in [-0.3, -0.25) is 0 Å². The molecule has 0 fully saturated rings. The van der Waals surface area contributed by atoms with Gasteiger partial charge < -0.3 is 5.32 Å². The first-order chi connectivity index (χ1) is 3.81. The second kappa shape index (κ2) is 5.19. The molecule has 0 heterocycles. The first-order valence-corrected chi connectivity index (χ1v) is 3.26. The number of hydrogen-bond acceptors (Lipinski definition) is 2. The summed E-state index contributed by atoms with van der Waals surface area (Å²) in [4.78, 5) is 0. The average Bonchev–Trinajstić information content (AvgIpc) is 1.68. The van der Waals surface area contributed by atoms with Crippen molar-refractivity contribution in [3.8, 4) is 0 Å². The van der Waals surface area contributed by atoms with Gasteiger partial charge in [0.05, 0.1) is 0 Å². The summed E-state index contributed by atoms with van der Waals surface area (Å²) in [5.41, 5.74) is 0. The Morgan fingerprint density at radius 3 is 2.88 bits per heavy atom. The van der Waals surface area contributed by atoms with Crippen LogP contribution >= 0.6 is 12.6 Å². The fraction of sp³-hybridized carbons (Fsp3) is 0.667. The van der Waals surface area contributed by atoms with E-state index < -0.39 is 0 Å². The molecular weight excluding hydrogens is 118 g/mol. The van der Waals surface area contributed by atoms with Gasteiger partial charge in [-0.15, -0.1) is 6.58 Å². The summed E-state index contributed by atoms with van der Waals surface area (Å²) < 4.78 is 0.